The summed E-state index contributed by atoms with van der Waals surface area (Å²) in [5.41, 5.74) is 0. The van der Waals surface area contributed by atoms with Crippen molar-refractivity contribution in [3.63, 3.8) is 0 Å². The Hall–Kier alpha value is -1.10. The molecular formula is C14H25N3O2. The van der Waals surface area contributed by atoms with Crippen molar-refractivity contribution in [2.75, 3.05) is 33.2 Å². The normalized spacial score (nSPS) is 25.3. The van der Waals surface area contributed by atoms with E-state index in [0.29, 0.717) is 19.0 Å². The summed E-state index contributed by atoms with van der Waals surface area (Å²) >= 11 is 0. The third-order valence-electron chi connectivity index (χ3n) is 4.15. The minimum absolute atomic E-state index is 0.0571. The molecule has 2 saturated heterocycles. The fourth-order valence-electron chi connectivity index (χ4n) is 2.83. The molecule has 5 nitrogen and oxygen atoms in total. The van der Waals surface area contributed by atoms with E-state index in [9.17, 15) is 9.59 Å². The van der Waals surface area contributed by atoms with E-state index in [-0.39, 0.29) is 18.4 Å². The summed E-state index contributed by atoms with van der Waals surface area (Å²) in [6, 6.07) is 0.489. The van der Waals surface area contributed by atoms with Gasteiger partial charge in [0.2, 0.25) is 11.8 Å². The molecule has 0 radical (unpaired) electrons. The lowest BCUT2D eigenvalue weighted by atomic mass is 10.0. The van der Waals surface area contributed by atoms with Crippen LogP contribution < -0.4 is 5.32 Å². The van der Waals surface area contributed by atoms with Crippen molar-refractivity contribution >= 4 is 11.8 Å². The summed E-state index contributed by atoms with van der Waals surface area (Å²) in [6.45, 7) is 2.80. The van der Waals surface area contributed by atoms with Crippen LogP contribution in [0.25, 0.3) is 0 Å². The standard InChI is InChI=1S/C14H25N3O2/c1-16-9-4-10-17(11-14(16)19)13(18)7-6-12-5-2-3-8-15-12/h12,15H,2-11H2,1H3. The van der Waals surface area contributed by atoms with Crippen LogP contribution in [0.3, 0.4) is 0 Å². The highest BCUT2D eigenvalue weighted by Gasteiger charge is 2.23. The highest BCUT2D eigenvalue weighted by molar-refractivity contribution is 5.85. The lowest BCUT2D eigenvalue weighted by Crippen LogP contribution is -2.39. The van der Waals surface area contributed by atoms with Gasteiger partial charge in [0.05, 0.1) is 6.54 Å². The zero-order chi connectivity index (χ0) is 13.7. The Kier molecular flexibility index (Phi) is 5.19. The molecule has 1 unspecified atom stereocenters. The van der Waals surface area contributed by atoms with E-state index in [2.05, 4.69) is 5.32 Å². The minimum atomic E-state index is 0.0571. The van der Waals surface area contributed by atoms with Gasteiger partial charge in [0.25, 0.3) is 0 Å². The third-order valence-corrected chi connectivity index (χ3v) is 4.15. The second kappa shape index (κ2) is 6.89. The average molecular weight is 267 g/mol. The Morgan fingerprint density at radius 2 is 2.16 bits per heavy atom. The fraction of sp³-hybridized carbons (Fsp3) is 0.857. The number of likely N-dealkylation sites (N-methyl/N-ethyl adjacent to an activating group) is 1. The van der Waals surface area contributed by atoms with Gasteiger partial charge in [-0.1, -0.05) is 6.42 Å². The van der Waals surface area contributed by atoms with Gasteiger partial charge in [0, 0.05) is 32.6 Å². The summed E-state index contributed by atoms with van der Waals surface area (Å²) in [5.74, 6) is 0.192. The Bertz CT molecular complexity index is 327. The molecule has 5 heteroatoms. The number of piperidine rings is 1. The molecule has 0 aromatic heterocycles. The summed E-state index contributed by atoms with van der Waals surface area (Å²) < 4.78 is 0. The van der Waals surface area contributed by atoms with E-state index in [1.165, 1.54) is 19.3 Å². The van der Waals surface area contributed by atoms with E-state index in [1.807, 2.05) is 7.05 Å². The number of amides is 2. The van der Waals surface area contributed by atoms with Gasteiger partial charge in [0.1, 0.15) is 0 Å². The van der Waals surface area contributed by atoms with Crippen LogP contribution in [-0.4, -0.2) is 60.9 Å². The number of rotatable bonds is 3. The fourth-order valence-corrected chi connectivity index (χ4v) is 2.83. The topological polar surface area (TPSA) is 52.6 Å². The Balaban J connectivity index is 1.76. The molecule has 19 heavy (non-hydrogen) atoms. The zero-order valence-electron chi connectivity index (χ0n) is 11.9. The quantitative estimate of drug-likeness (QED) is 0.814. The molecule has 0 bridgehead atoms. The molecule has 2 amide bonds. The summed E-state index contributed by atoms with van der Waals surface area (Å²) in [5, 5.41) is 3.46. The van der Waals surface area contributed by atoms with Gasteiger partial charge in [-0.05, 0) is 32.2 Å². The van der Waals surface area contributed by atoms with E-state index >= 15 is 0 Å². The Labute approximate surface area is 115 Å². The first-order valence-electron chi connectivity index (χ1n) is 7.42. The van der Waals surface area contributed by atoms with Crippen LogP contribution >= 0.6 is 0 Å². The number of carbonyl (C=O) groups is 2. The molecular weight excluding hydrogens is 242 g/mol. The summed E-state index contributed by atoms with van der Waals surface area (Å²) in [7, 11) is 1.81. The highest BCUT2D eigenvalue weighted by Crippen LogP contribution is 2.13. The van der Waals surface area contributed by atoms with Crippen LogP contribution in [0.15, 0.2) is 0 Å². The van der Waals surface area contributed by atoms with Gasteiger partial charge in [-0.25, -0.2) is 0 Å². The maximum atomic E-state index is 12.2. The first-order valence-corrected chi connectivity index (χ1v) is 7.42. The van der Waals surface area contributed by atoms with Gasteiger partial charge in [-0.2, -0.15) is 0 Å². The van der Waals surface area contributed by atoms with E-state index in [0.717, 1.165) is 25.9 Å². The van der Waals surface area contributed by atoms with Crippen molar-refractivity contribution < 1.29 is 9.59 Å². The third kappa shape index (κ3) is 4.20. The number of hydrogen-bond acceptors (Lipinski definition) is 3. The monoisotopic (exact) mass is 267 g/mol. The van der Waals surface area contributed by atoms with Crippen LogP contribution in [0, 0.1) is 0 Å². The summed E-state index contributed by atoms with van der Waals surface area (Å²) in [4.78, 5) is 27.4. The molecule has 2 aliphatic rings. The molecule has 2 heterocycles. The van der Waals surface area contributed by atoms with Crippen molar-refractivity contribution in [2.45, 2.75) is 44.6 Å². The van der Waals surface area contributed by atoms with Crippen molar-refractivity contribution in [3.8, 4) is 0 Å². The lowest BCUT2D eigenvalue weighted by molar-refractivity contribution is -0.138. The van der Waals surface area contributed by atoms with Gasteiger partial charge >= 0.3 is 0 Å². The molecule has 0 aliphatic carbocycles. The van der Waals surface area contributed by atoms with Crippen LogP contribution in [0.1, 0.15) is 38.5 Å². The predicted molar refractivity (Wildman–Crippen MR) is 73.7 cm³/mol. The van der Waals surface area contributed by atoms with Crippen molar-refractivity contribution in [1.29, 1.82) is 0 Å². The molecule has 0 aromatic carbocycles. The largest absolute Gasteiger partial charge is 0.344 e. The van der Waals surface area contributed by atoms with Crippen molar-refractivity contribution in [3.05, 3.63) is 0 Å². The Morgan fingerprint density at radius 3 is 2.89 bits per heavy atom. The average Bonchev–Trinajstić information content (AvgIpc) is 2.60. The van der Waals surface area contributed by atoms with Crippen LogP contribution in [0.2, 0.25) is 0 Å². The summed E-state index contributed by atoms with van der Waals surface area (Å²) in [6.07, 6.45) is 6.04. The smallest absolute Gasteiger partial charge is 0.241 e. The van der Waals surface area contributed by atoms with E-state index in [4.69, 9.17) is 0 Å². The van der Waals surface area contributed by atoms with E-state index < -0.39 is 0 Å². The second-order valence-electron chi connectivity index (χ2n) is 5.67. The number of carbonyl (C=O) groups excluding carboxylic acids is 2. The van der Waals surface area contributed by atoms with Crippen LogP contribution in [0.5, 0.6) is 0 Å². The van der Waals surface area contributed by atoms with E-state index in [1.54, 1.807) is 9.80 Å². The molecule has 0 aromatic rings. The first-order chi connectivity index (χ1) is 9.16. The van der Waals surface area contributed by atoms with Crippen molar-refractivity contribution in [2.24, 2.45) is 0 Å². The van der Waals surface area contributed by atoms with Crippen LogP contribution in [-0.2, 0) is 9.59 Å². The van der Waals surface area contributed by atoms with Gasteiger partial charge < -0.3 is 15.1 Å². The lowest BCUT2D eigenvalue weighted by Gasteiger charge is -2.25. The predicted octanol–water partition coefficient (Wildman–Crippen LogP) is 0.599. The maximum Gasteiger partial charge on any atom is 0.241 e. The molecule has 1 atom stereocenters. The number of nitrogens with one attached hydrogen (secondary N) is 1. The van der Waals surface area contributed by atoms with Crippen molar-refractivity contribution in [1.82, 2.24) is 15.1 Å². The maximum absolute atomic E-state index is 12.2. The van der Waals surface area contributed by atoms with Gasteiger partial charge in [0.15, 0.2) is 0 Å². The van der Waals surface area contributed by atoms with Gasteiger partial charge in [-0.3, -0.25) is 9.59 Å². The number of nitrogens with zero attached hydrogens (tertiary/aromatic N) is 2. The second-order valence-corrected chi connectivity index (χ2v) is 5.67. The molecule has 2 aliphatic heterocycles. The number of hydrogen-bond donors (Lipinski definition) is 1. The molecule has 0 spiro atoms. The molecule has 0 saturated carbocycles. The zero-order valence-corrected chi connectivity index (χ0v) is 11.9. The van der Waals surface area contributed by atoms with Gasteiger partial charge in [-0.15, -0.1) is 0 Å². The van der Waals surface area contributed by atoms with Crippen LogP contribution in [0.4, 0.5) is 0 Å². The first kappa shape index (κ1) is 14.3. The molecule has 2 fully saturated rings. The molecule has 1 N–H and O–H groups in total. The SMILES string of the molecule is CN1CCCN(C(=O)CCC2CCCCN2)CC1=O. The minimum Gasteiger partial charge on any atom is -0.344 e. The molecule has 108 valence electrons. The molecule has 2 rings (SSSR count). The Morgan fingerprint density at radius 1 is 1.32 bits per heavy atom. The highest BCUT2D eigenvalue weighted by atomic mass is 16.2.